The first-order chi connectivity index (χ1) is 15.3. The predicted octanol–water partition coefficient (Wildman–Crippen LogP) is 3.65. The maximum Gasteiger partial charge on any atom is 0.273 e. The highest BCUT2D eigenvalue weighted by atomic mass is 32.2. The van der Waals surface area contributed by atoms with E-state index in [1.807, 2.05) is 54.6 Å². The topological polar surface area (TPSA) is 82.3 Å². The highest BCUT2D eigenvalue weighted by molar-refractivity contribution is 7.97. The second-order valence-corrected chi connectivity index (χ2v) is 8.28. The van der Waals surface area contributed by atoms with Crippen LogP contribution in [-0.4, -0.2) is 60.4 Å². The number of H-pyrrole nitrogens is 1. The molecule has 3 aromatic rings. The number of hydrogen-bond donors (Lipinski definition) is 3. The van der Waals surface area contributed by atoms with Crippen LogP contribution in [0.1, 0.15) is 16.9 Å². The van der Waals surface area contributed by atoms with Crippen LogP contribution >= 0.6 is 11.9 Å². The number of anilines is 1. The van der Waals surface area contributed by atoms with E-state index in [0.29, 0.717) is 5.69 Å². The minimum absolute atomic E-state index is 0.212. The molecule has 1 aliphatic rings. The molecule has 0 aliphatic carbocycles. The largest absolute Gasteiger partial charge is 0.379 e. The second kappa shape index (κ2) is 11.1. The first-order valence-corrected chi connectivity index (χ1v) is 11.3. The Labute approximate surface area is 186 Å². The maximum atomic E-state index is 12.5. The van der Waals surface area contributed by atoms with Gasteiger partial charge < -0.3 is 10.1 Å². The molecule has 4 rings (SSSR count). The van der Waals surface area contributed by atoms with Crippen molar-refractivity contribution in [3.63, 3.8) is 0 Å². The number of amides is 1. The molecule has 0 saturated carbocycles. The van der Waals surface area contributed by atoms with Gasteiger partial charge in [0.25, 0.3) is 5.91 Å². The van der Waals surface area contributed by atoms with Crippen molar-refractivity contribution >= 4 is 23.5 Å². The number of nitrogens with zero attached hydrogens (tertiary/aromatic N) is 2. The molecule has 1 aliphatic heterocycles. The fourth-order valence-electron chi connectivity index (χ4n) is 3.33. The minimum atomic E-state index is -0.212. The van der Waals surface area contributed by atoms with Crippen LogP contribution in [0.2, 0.25) is 0 Å². The number of hydrogen-bond acceptors (Lipinski definition) is 6. The van der Waals surface area contributed by atoms with E-state index in [-0.39, 0.29) is 5.91 Å². The lowest BCUT2D eigenvalue weighted by Gasteiger charge is -2.26. The van der Waals surface area contributed by atoms with Crippen molar-refractivity contribution in [2.45, 2.75) is 11.3 Å². The number of carbonyl (C=O) groups is 1. The summed E-state index contributed by atoms with van der Waals surface area (Å²) in [5, 5.41) is 9.96. The van der Waals surface area contributed by atoms with Crippen molar-refractivity contribution in [3.8, 4) is 11.3 Å². The first kappa shape index (κ1) is 21.6. The summed E-state index contributed by atoms with van der Waals surface area (Å²) in [7, 11) is 0. The van der Waals surface area contributed by atoms with E-state index in [2.05, 4.69) is 25.1 Å². The number of ether oxygens (including phenoxy) is 1. The molecule has 1 amide bonds. The summed E-state index contributed by atoms with van der Waals surface area (Å²) in [5.41, 5.74) is 2.89. The van der Waals surface area contributed by atoms with E-state index in [0.717, 1.165) is 67.7 Å². The van der Waals surface area contributed by atoms with Gasteiger partial charge in [-0.15, -0.1) is 0 Å². The van der Waals surface area contributed by atoms with E-state index in [4.69, 9.17) is 4.74 Å². The number of morpholine rings is 1. The van der Waals surface area contributed by atoms with Gasteiger partial charge in [-0.25, -0.2) is 0 Å². The van der Waals surface area contributed by atoms with E-state index >= 15 is 0 Å². The standard InChI is InChI=1S/C23H27N5O2S/c29-23(22-17-21(26-27-22)18-5-2-1-3-6-18)25-19-7-9-20(10-8-19)31-24-11-4-12-28-13-15-30-16-14-28/h1-3,5-10,17,24H,4,11-16H2,(H,25,29)(H,26,27). The van der Waals surface area contributed by atoms with Gasteiger partial charge in [-0.05, 0) is 55.2 Å². The van der Waals surface area contributed by atoms with Gasteiger partial charge in [0.1, 0.15) is 5.69 Å². The molecule has 0 spiro atoms. The Morgan fingerprint density at radius 2 is 1.87 bits per heavy atom. The van der Waals surface area contributed by atoms with Crippen molar-refractivity contribution in [2.75, 3.05) is 44.7 Å². The molecule has 1 aromatic heterocycles. The fraction of sp³-hybridized carbons (Fsp3) is 0.304. The molecule has 1 saturated heterocycles. The lowest BCUT2D eigenvalue weighted by molar-refractivity contribution is 0.0376. The van der Waals surface area contributed by atoms with Crippen LogP contribution in [-0.2, 0) is 4.74 Å². The Bertz CT molecular complexity index is 956. The lowest BCUT2D eigenvalue weighted by Crippen LogP contribution is -2.37. The monoisotopic (exact) mass is 437 g/mol. The van der Waals surface area contributed by atoms with E-state index in [1.54, 1.807) is 18.0 Å². The molecule has 8 heteroatoms. The summed E-state index contributed by atoms with van der Waals surface area (Å²) in [6.07, 6.45) is 1.11. The highest BCUT2D eigenvalue weighted by Crippen LogP contribution is 2.20. The summed E-state index contributed by atoms with van der Waals surface area (Å²) < 4.78 is 8.77. The fourth-order valence-corrected chi connectivity index (χ4v) is 4.02. The Kier molecular flexibility index (Phi) is 7.73. The minimum Gasteiger partial charge on any atom is -0.379 e. The molecule has 162 valence electrons. The predicted molar refractivity (Wildman–Crippen MR) is 124 cm³/mol. The number of rotatable bonds is 9. The zero-order chi connectivity index (χ0) is 21.3. The molecule has 0 bridgehead atoms. The van der Waals surface area contributed by atoms with E-state index in [1.165, 1.54) is 0 Å². The summed E-state index contributed by atoms with van der Waals surface area (Å²) in [5.74, 6) is -0.212. The van der Waals surface area contributed by atoms with Crippen molar-refractivity contribution in [1.29, 1.82) is 0 Å². The molecule has 0 radical (unpaired) electrons. The Hall–Kier alpha value is -2.65. The van der Waals surface area contributed by atoms with Gasteiger partial charge in [-0.2, -0.15) is 5.10 Å². The number of carbonyl (C=O) groups excluding carboxylic acids is 1. The first-order valence-electron chi connectivity index (χ1n) is 10.5. The number of aromatic amines is 1. The molecule has 0 unspecified atom stereocenters. The van der Waals surface area contributed by atoms with E-state index in [9.17, 15) is 4.79 Å². The maximum absolute atomic E-state index is 12.5. The summed E-state index contributed by atoms with van der Waals surface area (Å²) in [6.45, 7) is 5.81. The normalized spacial score (nSPS) is 14.5. The molecule has 1 fully saturated rings. The van der Waals surface area contributed by atoms with E-state index < -0.39 is 0 Å². The number of benzene rings is 2. The van der Waals surface area contributed by atoms with Gasteiger partial charge in [0.15, 0.2) is 0 Å². The second-order valence-electron chi connectivity index (χ2n) is 7.32. The summed E-state index contributed by atoms with van der Waals surface area (Å²) in [6, 6.07) is 19.3. The summed E-state index contributed by atoms with van der Waals surface area (Å²) in [4.78, 5) is 16.1. The Morgan fingerprint density at radius 1 is 1.10 bits per heavy atom. The number of aromatic nitrogens is 2. The average Bonchev–Trinajstić information content (AvgIpc) is 3.32. The van der Waals surface area contributed by atoms with Gasteiger partial charge in [0.2, 0.25) is 0 Å². The van der Waals surface area contributed by atoms with Crippen molar-refractivity contribution in [1.82, 2.24) is 19.8 Å². The van der Waals surface area contributed by atoms with Gasteiger partial charge in [0.05, 0.1) is 18.9 Å². The molecule has 0 atom stereocenters. The molecular weight excluding hydrogens is 410 g/mol. The lowest BCUT2D eigenvalue weighted by atomic mass is 10.1. The smallest absolute Gasteiger partial charge is 0.273 e. The zero-order valence-corrected chi connectivity index (χ0v) is 18.2. The number of nitrogens with one attached hydrogen (secondary N) is 3. The molecule has 7 nitrogen and oxygen atoms in total. The van der Waals surface area contributed by atoms with Crippen LogP contribution in [0, 0.1) is 0 Å². The molecule has 2 aromatic carbocycles. The molecule has 3 N–H and O–H groups in total. The molecule has 31 heavy (non-hydrogen) atoms. The van der Waals surface area contributed by atoms with Gasteiger partial charge >= 0.3 is 0 Å². The summed E-state index contributed by atoms with van der Waals surface area (Å²) >= 11 is 1.61. The average molecular weight is 438 g/mol. The van der Waals surface area contributed by atoms with Crippen molar-refractivity contribution in [3.05, 3.63) is 66.4 Å². The van der Waals surface area contributed by atoms with Crippen molar-refractivity contribution in [2.24, 2.45) is 0 Å². The highest BCUT2D eigenvalue weighted by Gasteiger charge is 2.12. The zero-order valence-electron chi connectivity index (χ0n) is 17.3. The Balaban J connectivity index is 1.20. The van der Waals surface area contributed by atoms with Gasteiger partial charge in [-0.1, -0.05) is 30.3 Å². The van der Waals surface area contributed by atoms with Crippen molar-refractivity contribution < 1.29 is 9.53 Å². The third-order valence-electron chi connectivity index (χ3n) is 5.05. The molecule has 2 heterocycles. The van der Waals surface area contributed by atoms with Crippen LogP contribution in [0.4, 0.5) is 5.69 Å². The van der Waals surface area contributed by atoms with Gasteiger partial charge in [0, 0.05) is 35.8 Å². The Morgan fingerprint density at radius 3 is 2.65 bits per heavy atom. The van der Waals surface area contributed by atoms with Crippen LogP contribution in [0.5, 0.6) is 0 Å². The third-order valence-corrected chi connectivity index (χ3v) is 5.91. The third kappa shape index (κ3) is 6.41. The van der Waals surface area contributed by atoms with Crippen LogP contribution in [0.25, 0.3) is 11.3 Å². The molecular formula is C23H27N5O2S. The van der Waals surface area contributed by atoms with Crippen LogP contribution in [0.3, 0.4) is 0 Å². The van der Waals surface area contributed by atoms with Gasteiger partial charge in [-0.3, -0.25) is 19.5 Å². The van der Waals surface area contributed by atoms with Crippen LogP contribution in [0.15, 0.2) is 65.6 Å². The van der Waals surface area contributed by atoms with Crippen LogP contribution < -0.4 is 10.0 Å². The quantitative estimate of drug-likeness (QED) is 0.350. The SMILES string of the molecule is O=C(Nc1ccc(SNCCCN2CCOCC2)cc1)c1cc(-c2ccccc2)n[nH]1.